The van der Waals surface area contributed by atoms with Crippen LogP contribution in [0.15, 0.2) is 24.3 Å². The van der Waals surface area contributed by atoms with Crippen LogP contribution in [-0.2, 0) is 0 Å². The summed E-state index contributed by atoms with van der Waals surface area (Å²) in [6.45, 7) is 4.37. The molecule has 1 aliphatic rings. The molecule has 0 saturated carbocycles. The molecule has 0 aromatic heterocycles. The normalized spacial score (nSPS) is 22.9. The number of hydrogen-bond donors (Lipinski definition) is 0. The third kappa shape index (κ3) is 1.80. The maximum absolute atomic E-state index is 13.0. The molecule has 0 N–H and O–H groups in total. The zero-order valence-corrected chi connectivity index (χ0v) is 8.54. The molecule has 1 saturated heterocycles. The van der Waals surface area contributed by atoms with Gasteiger partial charge in [-0.15, -0.1) is 0 Å². The zero-order chi connectivity index (χ0) is 9.97. The summed E-state index contributed by atoms with van der Waals surface area (Å²) in [6.07, 6.45) is 2.40. The first-order valence-electron chi connectivity index (χ1n) is 5.31. The molecule has 14 heavy (non-hydrogen) atoms. The van der Waals surface area contributed by atoms with Crippen LogP contribution in [0.2, 0.25) is 0 Å². The van der Waals surface area contributed by atoms with E-state index in [0.29, 0.717) is 6.04 Å². The molecule has 1 heterocycles. The summed E-state index contributed by atoms with van der Waals surface area (Å²) >= 11 is 0. The van der Waals surface area contributed by atoms with E-state index in [1.165, 1.54) is 12.5 Å². The highest BCUT2D eigenvalue weighted by atomic mass is 19.1. The van der Waals surface area contributed by atoms with Crippen LogP contribution in [0.3, 0.4) is 0 Å². The molecule has 0 aliphatic carbocycles. The minimum absolute atomic E-state index is 0.120. The third-order valence-corrected chi connectivity index (χ3v) is 3.00. The molecule has 1 aliphatic heterocycles. The Morgan fingerprint density at radius 2 is 2.36 bits per heavy atom. The van der Waals surface area contributed by atoms with E-state index in [4.69, 9.17) is 0 Å². The fraction of sp³-hybridized carbons (Fsp3) is 0.500. The van der Waals surface area contributed by atoms with Gasteiger partial charge in [-0.3, -0.25) is 4.90 Å². The van der Waals surface area contributed by atoms with Crippen molar-refractivity contribution in [3.8, 4) is 0 Å². The van der Waals surface area contributed by atoms with E-state index in [0.717, 1.165) is 25.1 Å². The zero-order valence-electron chi connectivity index (χ0n) is 8.54. The molecule has 0 bridgehead atoms. The molecule has 0 radical (unpaired) electrons. The number of likely N-dealkylation sites (tertiary alicyclic amines) is 1. The fourth-order valence-electron chi connectivity index (χ4n) is 2.30. The summed E-state index contributed by atoms with van der Waals surface area (Å²) in [6, 6.07) is 7.45. The van der Waals surface area contributed by atoms with Crippen molar-refractivity contribution in [3.63, 3.8) is 0 Å². The number of hydrogen-bond acceptors (Lipinski definition) is 1. The van der Waals surface area contributed by atoms with Crippen LogP contribution in [0.1, 0.15) is 31.4 Å². The average molecular weight is 193 g/mol. The predicted octanol–water partition coefficient (Wildman–Crippen LogP) is 2.98. The largest absolute Gasteiger partial charge is 0.297 e. The van der Waals surface area contributed by atoms with E-state index < -0.39 is 0 Å². The molecule has 0 amide bonds. The molecule has 76 valence electrons. The van der Waals surface area contributed by atoms with Crippen LogP contribution in [0.5, 0.6) is 0 Å². The molecule has 1 nitrogen and oxygen atoms in total. The van der Waals surface area contributed by atoms with E-state index in [-0.39, 0.29) is 5.82 Å². The summed E-state index contributed by atoms with van der Waals surface area (Å²) in [5.41, 5.74) is 1.13. The topological polar surface area (TPSA) is 3.24 Å². The van der Waals surface area contributed by atoms with Crippen molar-refractivity contribution in [2.24, 2.45) is 0 Å². The molecule has 1 unspecified atom stereocenters. The fourth-order valence-corrected chi connectivity index (χ4v) is 2.30. The van der Waals surface area contributed by atoms with Crippen molar-refractivity contribution < 1.29 is 4.39 Å². The maximum atomic E-state index is 13.0. The molecule has 1 atom stereocenters. The molecule has 1 aromatic rings. The standard InChI is InChI=1S/C12H16FN/c1-2-14-8-4-7-12(14)10-5-3-6-11(13)9-10/h3,5-6,9,12H,2,4,7-8H2,1H3. The Bertz CT molecular complexity index is 311. The smallest absolute Gasteiger partial charge is 0.123 e. The van der Waals surface area contributed by atoms with Crippen LogP contribution < -0.4 is 0 Å². The van der Waals surface area contributed by atoms with Gasteiger partial charge in [0.2, 0.25) is 0 Å². The van der Waals surface area contributed by atoms with E-state index in [2.05, 4.69) is 11.8 Å². The third-order valence-electron chi connectivity index (χ3n) is 3.00. The Kier molecular flexibility index (Phi) is 2.82. The van der Waals surface area contributed by atoms with E-state index in [9.17, 15) is 4.39 Å². The average Bonchev–Trinajstić information content (AvgIpc) is 2.65. The Morgan fingerprint density at radius 3 is 3.07 bits per heavy atom. The highest BCUT2D eigenvalue weighted by Gasteiger charge is 2.24. The van der Waals surface area contributed by atoms with Gasteiger partial charge in [-0.2, -0.15) is 0 Å². The number of nitrogens with zero attached hydrogens (tertiary/aromatic N) is 1. The molecule has 2 heteroatoms. The van der Waals surface area contributed by atoms with Crippen LogP contribution in [0.25, 0.3) is 0 Å². The van der Waals surface area contributed by atoms with Gasteiger partial charge in [-0.05, 0) is 43.6 Å². The van der Waals surface area contributed by atoms with Crippen molar-refractivity contribution in [1.29, 1.82) is 0 Å². The first kappa shape index (κ1) is 9.66. The summed E-state index contributed by atoms with van der Waals surface area (Å²) < 4.78 is 13.0. The van der Waals surface area contributed by atoms with Gasteiger partial charge >= 0.3 is 0 Å². The summed E-state index contributed by atoms with van der Waals surface area (Å²) in [4.78, 5) is 2.41. The summed E-state index contributed by atoms with van der Waals surface area (Å²) in [5.74, 6) is -0.120. The van der Waals surface area contributed by atoms with Gasteiger partial charge in [0.1, 0.15) is 5.82 Å². The number of benzene rings is 1. The van der Waals surface area contributed by atoms with Crippen molar-refractivity contribution in [2.75, 3.05) is 13.1 Å². The van der Waals surface area contributed by atoms with Crippen molar-refractivity contribution >= 4 is 0 Å². The lowest BCUT2D eigenvalue weighted by Crippen LogP contribution is -2.22. The van der Waals surface area contributed by atoms with Crippen LogP contribution in [0, 0.1) is 5.82 Å². The van der Waals surface area contributed by atoms with Crippen LogP contribution >= 0.6 is 0 Å². The van der Waals surface area contributed by atoms with E-state index in [1.807, 2.05) is 6.07 Å². The monoisotopic (exact) mass is 193 g/mol. The minimum atomic E-state index is -0.120. The second-order valence-electron chi connectivity index (χ2n) is 3.84. The molecular weight excluding hydrogens is 177 g/mol. The molecule has 1 fully saturated rings. The molecule has 2 rings (SSSR count). The predicted molar refractivity (Wildman–Crippen MR) is 55.6 cm³/mol. The lowest BCUT2D eigenvalue weighted by Gasteiger charge is -2.22. The minimum Gasteiger partial charge on any atom is -0.297 e. The highest BCUT2D eigenvalue weighted by molar-refractivity contribution is 5.21. The van der Waals surface area contributed by atoms with Gasteiger partial charge in [-0.25, -0.2) is 4.39 Å². The Morgan fingerprint density at radius 1 is 1.50 bits per heavy atom. The van der Waals surface area contributed by atoms with Crippen LogP contribution in [-0.4, -0.2) is 18.0 Å². The maximum Gasteiger partial charge on any atom is 0.123 e. The number of rotatable bonds is 2. The summed E-state index contributed by atoms with van der Waals surface area (Å²) in [7, 11) is 0. The molecule has 1 aromatic carbocycles. The number of halogens is 1. The lowest BCUT2D eigenvalue weighted by atomic mass is 10.0. The van der Waals surface area contributed by atoms with Gasteiger partial charge in [0.05, 0.1) is 0 Å². The SMILES string of the molecule is CCN1CCCC1c1cccc(F)c1. The Hall–Kier alpha value is -0.890. The summed E-state index contributed by atoms with van der Waals surface area (Å²) in [5, 5.41) is 0. The van der Waals surface area contributed by atoms with Gasteiger partial charge in [0.25, 0.3) is 0 Å². The second kappa shape index (κ2) is 4.09. The Balaban J connectivity index is 2.21. The molecule has 0 spiro atoms. The lowest BCUT2D eigenvalue weighted by molar-refractivity contribution is 0.271. The van der Waals surface area contributed by atoms with Crippen molar-refractivity contribution in [3.05, 3.63) is 35.6 Å². The van der Waals surface area contributed by atoms with Crippen LogP contribution in [0.4, 0.5) is 4.39 Å². The molecular formula is C12H16FN. The van der Waals surface area contributed by atoms with Gasteiger partial charge < -0.3 is 0 Å². The van der Waals surface area contributed by atoms with Gasteiger partial charge in [-0.1, -0.05) is 19.1 Å². The highest BCUT2D eigenvalue weighted by Crippen LogP contribution is 2.31. The van der Waals surface area contributed by atoms with Crippen molar-refractivity contribution in [1.82, 2.24) is 4.90 Å². The van der Waals surface area contributed by atoms with E-state index in [1.54, 1.807) is 12.1 Å². The van der Waals surface area contributed by atoms with Gasteiger partial charge in [0, 0.05) is 6.04 Å². The first-order chi connectivity index (χ1) is 6.81. The first-order valence-corrected chi connectivity index (χ1v) is 5.31. The van der Waals surface area contributed by atoms with Gasteiger partial charge in [0.15, 0.2) is 0 Å². The van der Waals surface area contributed by atoms with Crippen molar-refractivity contribution in [2.45, 2.75) is 25.8 Å². The second-order valence-corrected chi connectivity index (χ2v) is 3.84. The Labute approximate surface area is 84.5 Å². The van der Waals surface area contributed by atoms with E-state index >= 15 is 0 Å². The quantitative estimate of drug-likeness (QED) is 0.698.